The second kappa shape index (κ2) is 5.66. The number of hydrogen-bond donors (Lipinski definition) is 2. The molecule has 0 spiro atoms. The van der Waals surface area contributed by atoms with E-state index in [1.165, 1.54) is 18.3 Å². The zero-order valence-electron chi connectivity index (χ0n) is 10.5. The number of rotatable bonds is 4. The number of ether oxygens (including phenoxy) is 1. The number of aromatic nitrogens is 2. The number of amides is 1. The molecule has 0 aliphatic carbocycles. The summed E-state index contributed by atoms with van der Waals surface area (Å²) in [6.07, 6.45) is 1.60. The summed E-state index contributed by atoms with van der Waals surface area (Å²) in [5, 5.41) is 2.55. The van der Waals surface area contributed by atoms with Gasteiger partial charge in [-0.25, -0.2) is 9.78 Å². The third kappa shape index (κ3) is 3.19. The number of imidazole rings is 1. The van der Waals surface area contributed by atoms with Gasteiger partial charge in [-0.1, -0.05) is 0 Å². The molecule has 19 heavy (non-hydrogen) atoms. The van der Waals surface area contributed by atoms with Crippen molar-refractivity contribution in [3.8, 4) is 10.6 Å². The van der Waals surface area contributed by atoms with E-state index >= 15 is 0 Å². The van der Waals surface area contributed by atoms with Crippen LogP contribution in [-0.2, 0) is 9.53 Å². The Morgan fingerprint density at radius 3 is 2.95 bits per heavy atom. The first kappa shape index (κ1) is 13.3. The molecule has 100 valence electrons. The zero-order valence-corrected chi connectivity index (χ0v) is 11.3. The molecule has 0 aromatic carbocycles. The number of aromatic amines is 1. The number of esters is 1. The fourth-order valence-electron chi connectivity index (χ4n) is 1.47. The number of carbonyl (C=O) groups is 2. The Morgan fingerprint density at radius 2 is 2.26 bits per heavy atom. The van der Waals surface area contributed by atoms with E-state index in [-0.39, 0.29) is 11.9 Å². The molecule has 0 unspecified atom stereocenters. The molecule has 0 bridgehead atoms. The molecule has 2 rings (SSSR count). The van der Waals surface area contributed by atoms with Crippen molar-refractivity contribution in [1.29, 1.82) is 0 Å². The van der Waals surface area contributed by atoms with Crippen LogP contribution in [0.15, 0.2) is 18.3 Å². The highest BCUT2D eigenvalue weighted by Gasteiger charge is 2.12. The van der Waals surface area contributed by atoms with Crippen molar-refractivity contribution in [1.82, 2.24) is 9.97 Å². The second-order valence-corrected chi connectivity index (χ2v) is 4.79. The monoisotopic (exact) mass is 279 g/mol. The van der Waals surface area contributed by atoms with Crippen molar-refractivity contribution in [3.63, 3.8) is 0 Å². The van der Waals surface area contributed by atoms with Crippen molar-refractivity contribution in [3.05, 3.63) is 23.2 Å². The average molecular weight is 279 g/mol. The number of H-pyrrole nitrogens is 1. The minimum absolute atomic E-state index is 0.195. The predicted octanol–water partition coefficient (Wildman–Crippen LogP) is 2.27. The molecule has 0 saturated carbocycles. The topological polar surface area (TPSA) is 84.1 Å². The van der Waals surface area contributed by atoms with Crippen LogP contribution in [0.1, 0.15) is 23.5 Å². The van der Waals surface area contributed by atoms with Crippen LogP contribution >= 0.6 is 11.3 Å². The molecule has 0 fully saturated rings. The highest BCUT2D eigenvalue weighted by Crippen LogP contribution is 2.27. The van der Waals surface area contributed by atoms with Gasteiger partial charge < -0.3 is 9.72 Å². The number of thiophene rings is 1. The zero-order chi connectivity index (χ0) is 13.8. The summed E-state index contributed by atoms with van der Waals surface area (Å²) in [6.45, 7) is 3.52. The van der Waals surface area contributed by atoms with E-state index in [9.17, 15) is 9.59 Å². The van der Waals surface area contributed by atoms with E-state index in [2.05, 4.69) is 15.3 Å². The van der Waals surface area contributed by atoms with Crippen molar-refractivity contribution in [2.75, 3.05) is 11.9 Å². The van der Waals surface area contributed by atoms with E-state index in [0.29, 0.717) is 17.4 Å². The van der Waals surface area contributed by atoms with Crippen LogP contribution in [-0.4, -0.2) is 28.5 Å². The van der Waals surface area contributed by atoms with Gasteiger partial charge >= 0.3 is 5.97 Å². The lowest BCUT2D eigenvalue weighted by molar-refractivity contribution is -0.114. The molecular weight excluding hydrogens is 266 g/mol. The number of nitrogens with zero attached hydrogens (tertiary/aromatic N) is 1. The Hall–Kier alpha value is -2.15. The minimum atomic E-state index is -0.333. The second-order valence-electron chi connectivity index (χ2n) is 3.71. The van der Waals surface area contributed by atoms with E-state index < -0.39 is 0 Å². The highest BCUT2D eigenvalue weighted by atomic mass is 32.1. The molecule has 7 heteroatoms. The van der Waals surface area contributed by atoms with E-state index in [0.717, 1.165) is 10.6 Å². The first-order chi connectivity index (χ1) is 9.10. The maximum absolute atomic E-state index is 11.5. The number of anilines is 1. The molecule has 0 saturated heterocycles. The third-order valence-corrected chi connectivity index (χ3v) is 3.32. The summed E-state index contributed by atoms with van der Waals surface area (Å²) in [5.41, 5.74) is 0.740. The van der Waals surface area contributed by atoms with Crippen LogP contribution in [0.4, 0.5) is 5.95 Å². The summed E-state index contributed by atoms with van der Waals surface area (Å²) in [5.74, 6) is -0.145. The van der Waals surface area contributed by atoms with Crippen molar-refractivity contribution >= 4 is 29.2 Å². The van der Waals surface area contributed by atoms with Crippen LogP contribution in [0.3, 0.4) is 0 Å². The molecule has 0 aliphatic rings. The van der Waals surface area contributed by atoms with Crippen molar-refractivity contribution in [2.45, 2.75) is 13.8 Å². The fourth-order valence-corrected chi connectivity index (χ4v) is 2.34. The first-order valence-electron chi connectivity index (χ1n) is 5.70. The van der Waals surface area contributed by atoms with Gasteiger partial charge in [0, 0.05) is 6.92 Å². The fraction of sp³-hybridized carbons (Fsp3) is 0.250. The molecule has 0 aliphatic heterocycles. The summed E-state index contributed by atoms with van der Waals surface area (Å²) in [4.78, 5) is 30.8. The maximum Gasteiger partial charge on any atom is 0.348 e. The van der Waals surface area contributed by atoms with Gasteiger partial charge in [0.15, 0.2) is 0 Å². The van der Waals surface area contributed by atoms with E-state index in [4.69, 9.17) is 4.74 Å². The quantitative estimate of drug-likeness (QED) is 0.841. The Morgan fingerprint density at radius 1 is 1.47 bits per heavy atom. The van der Waals surface area contributed by atoms with Crippen LogP contribution in [0.2, 0.25) is 0 Å². The van der Waals surface area contributed by atoms with Gasteiger partial charge in [0.05, 0.1) is 23.4 Å². The summed E-state index contributed by atoms with van der Waals surface area (Å²) in [7, 11) is 0. The molecular formula is C12H13N3O3S. The van der Waals surface area contributed by atoms with Gasteiger partial charge in [-0.15, -0.1) is 11.3 Å². The maximum atomic E-state index is 11.5. The van der Waals surface area contributed by atoms with E-state index in [1.807, 2.05) is 6.07 Å². The average Bonchev–Trinajstić information content (AvgIpc) is 2.96. The van der Waals surface area contributed by atoms with Crippen LogP contribution in [0.25, 0.3) is 10.6 Å². The smallest absolute Gasteiger partial charge is 0.348 e. The van der Waals surface area contributed by atoms with Gasteiger partial charge in [-0.2, -0.15) is 0 Å². The lowest BCUT2D eigenvalue weighted by atomic mass is 10.3. The Balaban J connectivity index is 2.16. The molecule has 0 radical (unpaired) electrons. The lowest BCUT2D eigenvalue weighted by Crippen LogP contribution is -2.06. The molecule has 2 heterocycles. The molecule has 1 amide bonds. The molecule has 2 N–H and O–H groups in total. The van der Waals surface area contributed by atoms with Gasteiger partial charge in [0.2, 0.25) is 11.9 Å². The molecule has 2 aromatic heterocycles. The summed E-state index contributed by atoms with van der Waals surface area (Å²) < 4.78 is 4.92. The summed E-state index contributed by atoms with van der Waals surface area (Å²) in [6, 6.07) is 3.51. The minimum Gasteiger partial charge on any atom is -0.462 e. The Bertz CT molecular complexity index is 603. The highest BCUT2D eigenvalue weighted by molar-refractivity contribution is 7.17. The van der Waals surface area contributed by atoms with Gasteiger partial charge in [-0.3, -0.25) is 10.1 Å². The standard InChI is InChI=1S/C12H13N3O3S/c1-3-18-11(17)10-5-4-9(19-10)8-6-13-12(15-8)14-7(2)16/h4-6H,3H2,1-2H3,(H2,13,14,15,16). The van der Waals surface area contributed by atoms with Gasteiger partial charge in [-0.05, 0) is 19.1 Å². The van der Waals surface area contributed by atoms with Crippen LogP contribution < -0.4 is 5.32 Å². The predicted molar refractivity (Wildman–Crippen MR) is 72.2 cm³/mol. The lowest BCUT2D eigenvalue weighted by Gasteiger charge is -1.97. The van der Waals surface area contributed by atoms with Crippen LogP contribution in [0.5, 0.6) is 0 Å². The molecule has 2 aromatic rings. The number of hydrogen-bond acceptors (Lipinski definition) is 5. The van der Waals surface area contributed by atoms with Crippen molar-refractivity contribution < 1.29 is 14.3 Å². The number of carbonyl (C=O) groups excluding carboxylic acids is 2. The van der Waals surface area contributed by atoms with Gasteiger partial charge in [0.25, 0.3) is 0 Å². The van der Waals surface area contributed by atoms with E-state index in [1.54, 1.807) is 19.2 Å². The third-order valence-electron chi connectivity index (χ3n) is 2.22. The van der Waals surface area contributed by atoms with Gasteiger partial charge in [0.1, 0.15) is 4.88 Å². The molecule has 0 atom stereocenters. The summed E-state index contributed by atoms with van der Waals surface area (Å²) >= 11 is 1.31. The first-order valence-corrected chi connectivity index (χ1v) is 6.51. The molecule has 6 nitrogen and oxygen atoms in total. The largest absolute Gasteiger partial charge is 0.462 e. The van der Waals surface area contributed by atoms with Crippen LogP contribution in [0, 0.1) is 0 Å². The Kier molecular flexibility index (Phi) is 3.96. The van der Waals surface area contributed by atoms with Crippen molar-refractivity contribution in [2.24, 2.45) is 0 Å². The number of nitrogens with one attached hydrogen (secondary N) is 2. The Labute approximate surface area is 113 Å². The normalized spacial score (nSPS) is 10.2. The SMILES string of the molecule is CCOC(=O)c1ccc(-c2cnc(NC(C)=O)[nH]2)s1.